The third-order valence-corrected chi connectivity index (χ3v) is 4.40. The quantitative estimate of drug-likeness (QED) is 0.874. The molecule has 0 radical (unpaired) electrons. The van der Waals surface area contributed by atoms with Crippen LogP contribution < -0.4 is 5.32 Å². The molecule has 0 spiro atoms. The van der Waals surface area contributed by atoms with Gasteiger partial charge in [-0.2, -0.15) is 0 Å². The molecule has 1 saturated heterocycles. The Labute approximate surface area is 156 Å². The summed E-state index contributed by atoms with van der Waals surface area (Å²) in [6.45, 7) is 11.7. The fourth-order valence-electron chi connectivity index (χ4n) is 3.00. The Morgan fingerprint density at radius 2 is 1.73 bits per heavy atom. The number of nitrogens with zero attached hydrogens (tertiary/aromatic N) is 2. The van der Waals surface area contributed by atoms with Crippen LogP contribution in [0.1, 0.15) is 33.3 Å². The first-order valence-corrected chi connectivity index (χ1v) is 9.33. The van der Waals surface area contributed by atoms with Crippen LogP contribution in [0.25, 0.3) is 0 Å². The van der Waals surface area contributed by atoms with Crippen molar-refractivity contribution < 1.29 is 14.3 Å². The maximum absolute atomic E-state index is 13.0. The van der Waals surface area contributed by atoms with Crippen molar-refractivity contribution in [2.75, 3.05) is 32.7 Å². The second kappa shape index (κ2) is 9.03. The van der Waals surface area contributed by atoms with Crippen LogP contribution in [0, 0.1) is 0 Å². The van der Waals surface area contributed by atoms with Gasteiger partial charge >= 0.3 is 6.09 Å². The molecule has 1 fully saturated rings. The highest BCUT2D eigenvalue weighted by Gasteiger charge is 2.30. The van der Waals surface area contributed by atoms with E-state index in [9.17, 15) is 9.59 Å². The van der Waals surface area contributed by atoms with E-state index in [1.165, 1.54) is 0 Å². The number of carbonyl (C=O) groups is 2. The van der Waals surface area contributed by atoms with E-state index < -0.39 is 17.7 Å². The Hall–Kier alpha value is -2.08. The number of amides is 2. The summed E-state index contributed by atoms with van der Waals surface area (Å²) < 4.78 is 5.35. The van der Waals surface area contributed by atoms with E-state index >= 15 is 0 Å². The molecule has 6 heteroatoms. The van der Waals surface area contributed by atoms with Gasteiger partial charge in [-0.05, 0) is 32.9 Å². The number of hydrogen-bond acceptors (Lipinski definition) is 4. The summed E-state index contributed by atoms with van der Waals surface area (Å²) in [6, 6.07) is 9.11. The minimum atomic E-state index is -0.625. The number of ether oxygens (including phenoxy) is 1. The highest BCUT2D eigenvalue weighted by Crippen LogP contribution is 2.11. The van der Waals surface area contributed by atoms with Crippen LogP contribution in [0.15, 0.2) is 30.3 Å². The van der Waals surface area contributed by atoms with Gasteiger partial charge in [-0.15, -0.1) is 0 Å². The van der Waals surface area contributed by atoms with Crippen molar-refractivity contribution >= 4 is 12.0 Å². The van der Waals surface area contributed by atoms with Crippen molar-refractivity contribution in [3.8, 4) is 0 Å². The Morgan fingerprint density at radius 1 is 1.12 bits per heavy atom. The van der Waals surface area contributed by atoms with Crippen LogP contribution in [0.5, 0.6) is 0 Å². The van der Waals surface area contributed by atoms with E-state index in [0.29, 0.717) is 19.5 Å². The fourth-order valence-corrected chi connectivity index (χ4v) is 3.00. The Morgan fingerprint density at radius 3 is 2.27 bits per heavy atom. The molecule has 26 heavy (non-hydrogen) atoms. The molecule has 0 aliphatic carbocycles. The maximum Gasteiger partial charge on any atom is 0.408 e. The lowest BCUT2D eigenvalue weighted by molar-refractivity contribution is -0.135. The number of carbonyl (C=O) groups excluding carboxylic acids is 2. The van der Waals surface area contributed by atoms with Crippen molar-refractivity contribution in [2.45, 2.75) is 45.8 Å². The minimum absolute atomic E-state index is 0.0459. The van der Waals surface area contributed by atoms with Crippen molar-refractivity contribution in [2.24, 2.45) is 0 Å². The normalized spacial score (nSPS) is 16.8. The van der Waals surface area contributed by atoms with Gasteiger partial charge in [0.1, 0.15) is 11.6 Å². The molecule has 1 unspecified atom stereocenters. The molecular formula is C20H31N3O3. The van der Waals surface area contributed by atoms with E-state index in [1.807, 2.05) is 56.0 Å². The molecule has 0 saturated carbocycles. The molecule has 1 aromatic rings. The zero-order valence-electron chi connectivity index (χ0n) is 16.3. The van der Waals surface area contributed by atoms with Crippen LogP contribution >= 0.6 is 0 Å². The number of benzene rings is 1. The number of likely N-dealkylation sites (N-methyl/N-ethyl adjacent to an activating group) is 1. The van der Waals surface area contributed by atoms with E-state index in [4.69, 9.17) is 4.74 Å². The molecule has 1 N–H and O–H groups in total. The molecule has 1 heterocycles. The van der Waals surface area contributed by atoms with Crippen LogP contribution in [-0.4, -0.2) is 66.2 Å². The average molecular weight is 361 g/mol. The fraction of sp³-hybridized carbons (Fsp3) is 0.600. The summed E-state index contributed by atoms with van der Waals surface area (Å²) in [5.74, 6) is -0.0459. The average Bonchev–Trinajstić information content (AvgIpc) is 2.60. The first-order chi connectivity index (χ1) is 12.3. The second-order valence-corrected chi connectivity index (χ2v) is 7.65. The van der Waals surface area contributed by atoms with Crippen LogP contribution in [0.3, 0.4) is 0 Å². The molecule has 1 aliphatic rings. The van der Waals surface area contributed by atoms with E-state index in [0.717, 1.165) is 25.2 Å². The number of hydrogen-bond donors (Lipinski definition) is 1. The smallest absolute Gasteiger partial charge is 0.408 e. The summed E-state index contributed by atoms with van der Waals surface area (Å²) >= 11 is 0. The monoisotopic (exact) mass is 361 g/mol. The van der Waals surface area contributed by atoms with Gasteiger partial charge in [-0.3, -0.25) is 4.79 Å². The van der Waals surface area contributed by atoms with E-state index in [1.54, 1.807) is 0 Å². The summed E-state index contributed by atoms with van der Waals surface area (Å²) in [6.07, 6.45) is -0.105. The van der Waals surface area contributed by atoms with Gasteiger partial charge in [-0.25, -0.2) is 4.79 Å². The van der Waals surface area contributed by atoms with Crippen molar-refractivity contribution in [3.05, 3.63) is 35.9 Å². The Bertz CT molecular complexity index is 590. The van der Waals surface area contributed by atoms with Gasteiger partial charge in [0, 0.05) is 32.6 Å². The van der Waals surface area contributed by atoms with E-state index in [-0.39, 0.29) is 5.91 Å². The first-order valence-electron chi connectivity index (χ1n) is 9.33. The molecule has 6 nitrogen and oxygen atoms in total. The molecule has 2 rings (SSSR count). The lowest BCUT2D eigenvalue weighted by atomic mass is 10.0. The first kappa shape index (κ1) is 20.2. The van der Waals surface area contributed by atoms with Crippen LogP contribution in [-0.2, 0) is 16.0 Å². The van der Waals surface area contributed by atoms with Gasteiger partial charge in [0.05, 0.1) is 0 Å². The molecule has 1 aliphatic heterocycles. The number of nitrogens with one attached hydrogen (secondary N) is 1. The van der Waals surface area contributed by atoms with E-state index in [2.05, 4.69) is 17.1 Å². The Balaban J connectivity index is 2.06. The Kier molecular flexibility index (Phi) is 7.03. The van der Waals surface area contributed by atoms with Crippen LogP contribution in [0.4, 0.5) is 4.79 Å². The molecule has 144 valence electrons. The topological polar surface area (TPSA) is 61.9 Å². The lowest BCUT2D eigenvalue weighted by Gasteiger charge is -2.36. The SMILES string of the molecule is CCN1CCN(C(=O)C(Cc2ccccc2)NC(=O)OC(C)(C)C)CC1. The number of alkyl carbamates (subject to hydrolysis) is 1. The summed E-state index contributed by atoms with van der Waals surface area (Å²) in [7, 11) is 0. The molecule has 1 atom stereocenters. The molecule has 0 aromatic heterocycles. The lowest BCUT2D eigenvalue weighted by Crippen LogP contribution is -2.55. The van der Waals surface area contributed by atoms with Crippen molar-refractivity contribution in [3.63, 3.8) is 0 Å². The van der Waals surface area contributed by atoms with Gasteiger partial charge in [0.15, 0.2) is 0 Å². The molecule has 0 bridgehead atoms. The molecule has 2 amide bonds. The summed E-state index contributed by atoms with van der Waals surface area (Å²) in [5.41, 5.74) is 0.408. The third-order valence-electron chi connectivity index (χ3n) is 4.40. The zero-order chi connectivity index (χ0) is 19.2. The zero-order valence-corrected chi connectivity index (χ0v) is 16.3. The van der Waals surface area contributed by atoms with Gasteiger partial charge < -0.3 is 19.9 Å². The molecule has 1 aromatic carbocycles. The molecular weight excluding hydrogens is 330 g/mol. The second-order valence-electron chi connectivity index (χ2n) is 7.65. The maximum atomic E-state index is 13.0. The predicted octanol–water partition coefficient (Wildman–Crippen LogP) is 2.29. The number of piperazine rings is 1. The third kappa shape index (κ3) is 6.33. The highest BCUT2D eigenvalue weighted by atomic mass is 16.6. The van der Waals surface area contributed by atoms with Crippen LogP contribution in [0.2, 0.25) is 0 Å². The van der Waals surface area contributed by atoms with Crippen molar-refractivity contribution in [1.82, 2.24) is 15.1 Å². The van der Waals surface area contributed by atoms with Gasteiger partial charge in [0.25, 0.3) is 0 Å². The van der Waals surface area contributed by atoms with Crippen molar-refractivity contribution in [1.29, 1.82) is 0 Å². The highest BCUT2D eigenvalue weighted by molar-refractivity contribution is 5.86. The summed E-state index contributed by atoms with van der Waals surface area (Å²) in [4.78, 5) is 29.4. The standard InChI is InChI=1S/C20H31N3O3/c1-5-22-11-13-23(14-12-22)18(24)17(15-16-9-7-6-8-10-16)21-19(25)26-20(2,3)4/h6-10,17H,5,11-15H2,1-4H3,(H,21,25). The number of rotatable bonds is 5. The minimum Gasteiger partial charge on any atom is -0.444 e. The van der Waals surface area contributed by atoms with Gasteiger partial charge in [0.2, 0.25) is 5.91 Å². The summed E-state index contributed by atoms with van der Waals surface area (Å²) in [5, 5.41) is 2.78. The van der Waals surface area contributed by atoms with Gasteiger partial charge in [-0.1, -0.05) is 37.3 Å². The largest absolute Gasteiger partial charge is 0.444 e. The predicted molar refractivity (Wildman–Crippen MR) is 102 cm³/mol.